The molecule has 0 aliphatic heterocycles. The van der Waals surface area contributed by atoms with Crippen LogP contribution in [0.1, 0.15) is 6.92 Å². The maximum Gasteiger partial charge on any atom is 0.105 e. The summed E-state index contributed by atoms with van der Waals surface area (Å²) in [6.45, 7) is 20.5. The van der Waals surface area contributed by atoms with E-state index in [1.165, 1.54) is 0 Å². The van der Waals surface area contributed by atoms with Gasteiger partial charge in [-0.3, -0.25) is 0 Å². The van der Waals surface area contributed by atoms with Crippen LogP contribution in [0.2, 0.25) is 0 Å². The Balaban J connectivity index is 4.10. The highest BCUT2D eigenvalue weighted by atomic mass is 16.6. The van der Waals surface area contributed by atoms with Gasteiger partial charge in [0, 0.05) is 0 Å². The van der Waals surface area contributed by atoms with Crippen molar-refractivity contribution in [1.82, 2.24) is 0 Å². The van der Waals surface area contributed by atoms with Gasteiger partial charge in [-0.2, -0.15) is 0 Å². The van der Waals surface area contributed by atoms with Crippen molar-refractivity contribution in [3.63, 3.8) is 0 Å². The van der Waals surface area contributed by atoms with Crippen LogP contribution in [0, 0.1) is 0 Å². The van der Waals surface area contributed by atoms with E-state index in [4.69, 9.17) is 28.4 Å². The van der Waals surface area contributed by atoms with Crippen LogP contribution in [0.25, 0.3) is 0 Å². The molecule has 0 spiro atoms. The first-order chi connectivity index (χ1) is 13.2. The fraction of sp³-hybridized carbons (Fsp3) is 0.619. The van der Waals surface area contributed by atoms with Gasteiger partial charge >= 0.3 is 0 Å². The molecule has 0 fully saturated rings. The Kier molecular flexibility index (Phi) is 18.6. The zero-order valence-corrected chi connectivity index (χ0v) is 16.7. The number of rotatable bonds is 21. The van der Waals surface area contributed by atoms with Crippen LogP contribution in [-0.4, -0.2) is 77.8 Å². The molecule has 0 aliphatic rings. The van der Waals surface area contributed by atoms with Gasteiger partial charge in [0.1, 0.15) is 12.2 Å². The van der Waals surface area contributed by atoms with Crippen molar-refractivity contribution in [3.05, 3.63) is 50.6 Å². The van der Waals surface area contributed by atoms with Crippen molar-refractivity contribution in [2.75, 3.05) is 59.5 Å². The monoisotopic (exact) mass is 384 g/mol. The lowest BCUT2D eigenvalue weighted by atomic mass is 10.3. The maximum atomic E-state index is 5.80. The van der Waals surface area contributed by atoms with E-state index in [0.29, 0.717) is 59.5 Å². The summed E-state index contributed by atoms with van der Waals surface area (Å²) in [7, 11) is 0. The highest BCUT2D eigenvalue weighted by Gasteiger charge is 2.14. The van der Waals surface area contributed by atoms with E-state index in [1.807, 2.05) is 6.92 Å². The average molecular weight is 385 g/mol. The fourth-order valence-electron chi connectivity index (χ4n) is 1.95. The Morgan fingerprint density at radius 3 is 1.48 bits per heavy atom. The molecule has 0 N–H and O–H groups in total. The molecule has 0 aliphatic carbocycles. The Morgan fingerprint density at radius 1 is 0.556 bits per heavy atom. The van der Waals surface area contributed by atoms with E-state index in [1.54, 1.807) is 24.3 Å². The molecule has 6 nitrogen and oxygen atoms in total. The van der Waals surface area contributed by atoms with Crippen LogP contribution in [0.5, 0.6) is 0 Å². The second kappa shape index (κ2) is 19.5. The molecule has 27 heavy (non-hydrogen) atoms. The highest BCUT2D eigenvalue weighted by Crippen LogP contribution is 2.02. The summed E-state index contributed by atoms with van der Waals surface area (Å²) in [6.07, 6.45) is 6.38. The SMILES string of the molecule is C=CCOCC(COCC(C)OCC(COCC=C)OCC=C)OCC=C. The first-order valence-electron chi connectivity index (χ1n) is 9.19. The lowest BCUT2D eigenvalue weighted by Crippen LogP contribution is -2.31. The van der Waals surface area contributed by atoms with Crippen molar-refractivity contribution in [2.24, 2.45) is 0 Å². The van der Waals surface area contributed by atoms with E-state index < -0.39 is 0 Å². The largest absolute Gasteiger partial charge is 0.376 e. The third-order valence-electron chi connectivity index (χ3n) is 3.20. The van der Waals surface area contributed by atoms with E-state index >= 15 is 0 Å². The van der Waals surface area contributed by atoms with Gasteiger partial charge in [-0.1, -0.05) is 24.3 Å². The first-order valence-corrected chi connectivity index (χ1v) is 9.19. The summed E-state index contributed by atoms with van der Waals surface area (Å²) in [6, 6.07) is 0. The molecule has 3 atom stereocenters. The van der Waals surface area contributed by atoms with Crippen molar-refractivity contribution < 1.29 is 28.4 Å². The standard InChI is InChI=1S/C21H36O6/c1-6-10-22-15-20(25-12-8-3)17-24-14-19(5)27-18-21(26-13-9-4)16-23-11-7-2/h6-9,19-21H,1-4,10-18H2,5H3. The highest BCUT2D eigenvalue weighted by molar-refractivity contribution is 4.70. The van der Waals surface area contributed by atoms with Crippen molar-refractivity contribution in [1.29, 1.82) is 0 Å². The third-order valence-corrected chi connectivity index (χ3v) is 3.20. The van der Waals surface area contributed by atoms with E-state index in [0.717, 1.165) is 0 Å². The molecule has 0 aromatic rings. The minimum atomic E-state index is -0.165. The van der Waals surface area contributed by atoms with Gasteiger partial charge in [0.25, 0.3) is 0 Å². The zero-order valence-electron chi connectivity index (χ0n) is 16.7. The van der Waals surface area contributed by atoms with Crippen LogP contribution in [0.4, 0.5) is 0 Å². The van der Waals surface area contributed by atoms with Crippen LogP contribution in [-0.2, 0) is 28.4 Å². The normalized spacial score (nSPS) is 14.3. The van der Waals surface area contributed by atoms with Crippen LogP contribution in [0.15, 0.2) is 50.6 Å². The van der Waals surface area contributed by atoms with Crippen molar-refractivity contribution in [3.8, 4) is 0 Å². The molecule has 3 unspecified atom stereocenters. The second-order valence-corrected chi connectivity index (χ2v) is 5.82. The summed E-state index contributed by atoms with van der Waals surface area (Å²) >= 11 is 0. The molecule has 0 bridgehead atoms. The minimum absolute atomic E-state index is 0.0895. The zero-order chi connectivity index (χ0) is 20.2. The molecular weight excluding hydrogens is 348 g/mol. The van der Waals surface area contributed by atoms with Crippen LogP contribution < -0.4 is 0 Å². The summed E-state index contributed by atoms with van der Waals surface area (Å²) < 4.78 is 33.6. The Morgan fingerprint density at radius 2 is 1.00 bits per heavy atom. The molecule has 0 saturated heterocycles. The molecular formula is C21H36O6. The molecule has 0 heterocycles. The molecule has 0 radical (unpaired) electrons. The molecule has 0 aromatic carbocycles. The molecule has 0 rings (SSSR count). The number of hydrogen-bond acceptors (Lipinski definition) is 6. The molecule has 0 aromatic heterocycles. The van der Waals surface area contributed by atoms with Gasteiger partial charge in [0.15, 0.2) is 0 Å². The summed E-state index contributed by atoms with van der Waals surface area (Å²) in [4.78, 5) is 0. The summed E-state index contributed by atoms with van der Waals surface area (Å²) in [5.41, 5.74) is 0. The van der Waals surface area contributed by atoms with E-state index in [2.05, 4.69) is 26.3 Å². The first kappa shape index (κ1) is 25.7. The minimum Gasteiger partial charge on any atom is -0.376 e. The second-order valence-electron chi connectivity index (χ2n) is 5.82. The maximum absolute atomic E-state index is 5.80. The van der Waals surface area contributed by atoms with E-state index in [9.17, 15) is 0 Å². The topological polar surface area (TPSA) is 55.4 Å². The van der Waals surface area contributed by atoms with Crippen LogP contribution in [0.3, 0.4) is 0 Å². The van der Waals surface area contributed by atoms with Gasteiger partial charge in [-0.05, 0) is 6.92 Å². The summed E-state index contributed by atoms with van der Waals surface area (Å²) in [5.74, 6) is 0. The lowest BCUT2D eigenvalue weighted by Gasteiger charge is -2.21. The van der Waals surface area contributed by atoms with Gasteiger partial charge in [-0.15, -0.1) is 26.3 Å². The molecule has 0 amide bonds. The van der Waals surface area contributed by atoms with Gasteiger partial charge < -0.3 is 28.4 Å². The average Bonchev–Trinajstić information content (AvgIpc) is 2.67. The van der Waals surface area contributed by atoms with Gasteiger partial charge in [-0.25, -0.2) is 0 Å². The third kappa shape index (κ3) is 16.6. The van der Waals surface area contributed by atoms with Gasteiger partial charge in [0.05, 0.1) is 65.6 Å². The number of hydrogen-bond donors (Lipinski definition) is 0. The lowest BCUT2D eigenvalue weighted by molar-refractivity contribution is -0.0944. The molecule has 0 saturated carbocycles. The Bertz CT molecular complexity index is 385. The van der Waals surface area contributed by atoms with Crippen molar-refractivity contribution in [2.45, 2.75) is 25.2 Å². The van der Waals surface area contributed by atoms with Crippen molar-refractivity contribution >= 4 is 0 Å². The van der Waals surface area contributed by atoms with Crippen LogP contribution >= 0.6 is 0 Å². The summed E-state index contributed by atoms with van der Waals surface area (Å²) in [5, 5.41) is 0. The number of ether oxygens (including phenoxy) is 6. The quantitative estimate of drug-likeness (QED) is 0.224. The molecule has 6 heteroatoms. The predicted molar refractivity (Wildman–Crippen MR) is 108 cm³/mol. The Labute approximate surface area is 164 Å². The smallest absolute Gasteiger partial charge is 0.105 e. The molecule has 156 valence electrons. The Hall–Kier alpha value is -1.28. The predicted octanol–water partition coefficient (Wildman–Crippen LogP) is 2.96. The van der Waals surface area contributed by atoms with Gasteiger partial charge in [0.2, 0.25) is 0 Å². The van der Waals surface area contributed by atoms with E-state index in [-0.39, 0.29) is 18.3 Å². The fourth-order valence-corrected chi connectivity index (χ4v) is 1.95.